The lowest BCUT2D eigenvalue weighted by Crippen LogP contribution is -2.28. The average molecular weight is 274 g/mol. The number of fused-ring (bicyclic) bond motifs is 1. The summed E-state index contributed by atoms with van der Waals surface area (Å²) >= 11 is 0. The number of aliphatic hydroxyl groups is 1. The van der Waals surface area contributed by atoms with Crippen LogP contribution in [-0.4, -0.2) is 28.6 Å². The zero-order chi connectivity index (χ0) is 14.5. The number of rotatable bonds is 6. The van der Waals surface area contributed by atoms with Crippen molar-refractivity contribution in [1.82, 2.24) is 10.3 Å². The minimum Gasteiger partial charge on any atom is -0.393 e. The van der Waals surface area contributed by atoms with E-state index in [1.54, 1.807) is 0 Å². The Labute approximate surface area is 119 Å². The van der Waals surface area contributed by atoms with Gasteiger partial charge in [-0.25, -0.2) is 0 Å². The minimum atomic E-state index is -0.327. The summed E-state index contributed by atoms with van der Waals surface area (Å²) in [6.07, 6.45) is 3.26. The van der Waals surface area contributed by atoms with E-state index in [0.717, 1.165) is 22.9 Å². The van der Waals surface area contributed by atoms with Gasteiger partial charge in [-0.2, -0.15) is 0 Å². The molecule has 1 atom stereocenters. The Kier molecular flexibility index (Phi) is 4.79. The Bertz CT molecular complexity index is 589. The first-order chi connectivity index (χ1) is 9.60. The van der Waals surface area contributed by atoms with Gasteiger partial charge >= 0.3 is 0 Å². The highest BCUT2D eigenvalue weighted by molar-refractivity contribution is 5.89. The van der Waals surface area contributed by atoms with Crippen LogP contribution in [0.4, 0.5) is 0 Å². The number of carbonyl (C=O) groups is 1. The number of aryl methyl sites for hydroxylation is 1. The van der Waals surface area contributed by atoms with E-state index in [1.165, 1.54) is 5.56 Å². The Balaban J connectivity index is 1.93. The van der Waals surface area contributed by atoms with Gasteiger partial charge in [-0.3, -0.25) is 4.79 Å². The molecular formula is C16H22N2O2. The van der Waals surface area contributed by atoms with Crippen LogP contribution < -0.4 is 5.32 Å². The van der Waals surface area contributed by atoms with E-state index in [1.807, 2.05) is 26.1 Å². The molecular weight excluding hydrogens is 252 g/mol. The maximum Gasteiger partial charge on any atom is 0.224 e. The lowest BCUT2D eigenvalue weighted by molar-refractivity contribution is -0.120. The van der Waals surface area contributed by atoms with Crippen LogP contribution in [0.2, 0.25) is 0 Å². The molecule has 2 aromatic rings. The molecule has 0 aliphatic carbocycles. The van der Waals surface area contributed by atoms with Crippen LogP contribution >= 0.6 is 0 Å². The fourth-order valence-electron chi connectivity index (χ4n) is 2.26. The number of benzene rings is 1. The second kappa shape index (κ2) is 6.57. The predicted molar refractivity (Wildman–Crippen MR) is 80.7 cm³/mol. The smallest absolute Gasteiger partial charge is 0.224 e. The molecule has 1 unspecified atom stereocenters. The van der Waals surface area contributed by atoms with E-state index in [2.05, 4.69) is 22.4 Å². The van der Waals surface area contributed by atoms with Gasteiger partial charge in [0.2, 0.25) is 5.91 Å². The number of nitrogens with one attached hydrogen (secondary N) is 2. The first-order valence-electron chi connectivity index (χ1n) is 7.11. The summed E-state index contributed by atoms with van der Waals surface area (Å²) in [6.45, 7) is 4.50. The third-order valence-corrected chi connectivity index (χ3v) is 3.54. The van der Waals surface area contributed by atoms with Crippen molar-refractivity contribution in [3.05, 3.63) is 35.5 Å². The van der Waals surface area contributed by atoms with Crippen molar-refractivity contribution < 1.29 is 9.90 Å². The molecule has 0 spiro atoms. The highest BCUT2D eigenvalue weighted by Crippen LogP contribution is 2.19. The van der Waals surface area contributed by atoms with E-state index in [9.17, 15) is 9.90 Å². The minimum absolute atomic E-state index is 0.00484. The van der Waals surface area contributed by atoms with Crippen LogP contribution in [0, 0.1) is 6.92 Å². The van der Waals surface area contributed by atoms with E-state index in [4.69, 9.17) is 0 Å². The molecule has 4 heteroatoms. The Hall–Kier alpha value is -1.81. The van der Waals surface area contributed by atoms with E-state index >= 15 is 0 Å². The topological polar surface area (TPSA) is 65.1 Å². The molecule has 3 N–H and O–H groups in total. The molecule has 0 saturated heterocycles. The fourth-order valence-corrected chi connectivity index (χ4v) is 2.26. The van der Waals surface area contributed by atoms with Crippen molar-refractivity contribution in [2.24, 2.45) is 0 Å². The lowest BCUT2D eigenvalue weighted by Gasteiger charge is -2.08. The zero-order valence-electron chi connectivity index (χ0n) is 12.1. The fraction of sp³-hybridized carbons (Fsp3) is 0.438. The van der Waals surface area contributed by atoms with E-state index in [0.29, 0.717) is 19.4 Å². The van der Waals surface area contributed by atoms with Gasteiger partial charge in [-0.1, -0.05) is 19.1 Å². The number of hydrogen-bond acceptors (Lipinski definition) is 2. The molecule has 1 amide bonds. The second-order valence-corrected chi connectivity index (χ2v) is 5.24. The van der Waals surface area contributed by atoms with Crippen LogP contribution in [0.1, 0.15) is 30.9 Å². The normalized spacial score (nSPS) is 12.6. The predicted octanol–water partition coefficient (Wildman–Crippen LogP) is 2.30. The first kappa shape index (κ1) is 14.6. The number of hydrogen-bond donors (Lipinski definition) is 3. The molecule has 1 aromatic heterocycles. The second-order valence-electron chi connectivity index (χ2n) is 5.24. The van der Waals surface area contributed by atoms with Crippen molar-refractivity contribution >= 4 is 16.8 Å². The van der Waals surface area contributed by atoms with Gasteiger partial charge in [0.1, 0.15) is 0 Å². The zero-order valence-corrected chi connectivity index (χ0v) is 12.1. The highest BCUT2D eigenvalue weighted by atomic mass is 16.3. The monoisotopic (exact) mass is 274 g/mol. The maximum atomic E-state index is 11.9. The SMILES string of the molecule is CCC(O)CCNC(=O)Cc1c[nH]c2cc(C)ccc12. The molecule has 0 saturated carbocycles. The molecule has 0 radical (unpaired) electrons. The summed E-state index contributed by atoms with van der Waals surface area (Å²) < 4.78 is 0. The summed E-state index contributed by atoms with van der Waals surface area (Å²) in [4.78, 5) is 15.1. The first-order valence-corrected chi connectivity index (χ1v) is 7.11. The summed E-state index contributed by atoms with van der Waals surface area (Å²) in [5.41, 5.74) is 3.27. The summed E-state index contributed by atoms with van der Waals surface area (Å²) in [6, 6.07) is 6.17. The van der Waals surface area contributed by atoms with Gasteiger partial charge in [0.05, 0.1) is 12.5 Å². The molecule has 0 bridgehead atoms. The Morgan fingerprint density at radius 1 is 1.45 bits per heavy atom. The molecule has 1 aromatic carbocycles. The molecule has 20 heavy (non-hydrogen) atoms. The highest BCUT2D eigenvalue weighted by Gasteiger charge is 2.09. The molecule has 1 heterocycles. The van der Waals surface area contributed by atoms with Crippen molar-refractivity contribution in [3.8, 4) is 0 Å². The van der Waals surface area contributed by atoms with Crippen LogP contribution in [0.3, 0.4) is 0 Å². The molecule has 0 aliphatic rings. The molecule has 0 aliphatic heterocycles. The Morgan fingerprint density at radius 2 is 2.25 bits per heavy atom. The van der Waals surface area contributed by atoms with E-state index in [-0.39, 0.29) is 12.0 Å². The van der Waals surface area contributed by atoms with Gasteiger partial charge in [0, 0.05) is 23.6 Å². The summed E-state index contributed by atoms with van der Waals surface area (Å²) in [5.74, 6) is -0.00484. The number of carbonyl (C=O) groups excluding carboxylic acids is 1. The van der Waals surface area contributed by atoms with Crippen molar-refractivity contribution in [1.29, 1.82) is 0 Å². The Morgan fingerprint density at radius 3 is 3.00 bits per heavy atom. The lowest BCUT2D eigenvalue weighted by atomic mass is 10.1. The van der Waals surface area contributed by atoms with Crippen molar-refractivity contribution in [3.63, 3.8) is 0 Å². The van der Waals surface area contributed by atoms with Crippen LogP contribution in [-0.2, 0) is 11.2 Å². The molecule has 108 valence electrons. The molecule has 2 rings (SSSR count). The quantitative estimate of drug-likeness (QED) is 0.756. The number of aromatic amines is 1. The number of aromatic nitrogens is 1. The maximum absolute atomic E-state index is 11.9. The largest absolute Gasteiger partial charge is 0.393 e. The van der Waals surface area contributed by atoms with Crippen LogP contribution in [0.5, 0.6) is 0 Å². The van der Waals surface area contributed by atoms with Gasteiger partial charge < -0.3 is 15.4 Å². The summed E-state index contributed by atoms with van der Waals surface area (Å²) in [7, 11) is 0. The summed E-state index contributed by atoms with van der Waals surface area (Å²) in [5, 5.41) is 13.4. The van der Waals surface area contributed by atoms with Crippen LogP contribution in [0.15, 0.2) is 24.4 Å². The molecule has 4 nitrogen and oxygen atoms in total. The third-order valence-electron chi connectivity index (χ3n) is 3.54. The van der Waals surface area contributed by atoms with Crippen LogP contribution in [0.25, 0.3) is 10.9 Å². The van der Waals surface area contributed by atoms with Crippen molar-refractivity contribution in [2.45, 2.75) is 39.2 Å². The van der Waals surface area contributed by atoms with Gasteiger partial charge in [-0.05, 0) is 37.0 Å². The number of amides is 1. The van der Waals surface area contributed by atoms with Crippen molar-refractivity contribution in [2.75, 3.05) is 6.54 Å². The number of aliphatic hydroxyl groups excluding tert-OH is 1. The van der Waals surface area contributed by atoms with Gasteiger partial charge in [-0.15, -0.1) is 0 Å². The average Bonchev–Trinajstić information content (AvgIpc) is 2.80. The van der Waals surface area contributed by atoms with Gasteiger partial charge in [0.15, 0.2) is 0 Å². The number of H-pyrrole nitrogens is 1. The molecule has 0 fully saturated rings. The third kappa shape index (κ3) is 3.61. The van der Waals surface area contributed by atoms with Gasteiger partial charge in [0.25, 0.3) is 0 Å². The standard InChI is InChI=1S/C16H22N2O2/c1-3-13(19)6-7-17-16(20)9-12-10-18-15-8-11(2)4-5-14(12)15/h4-5,8,10,13,18-19H,3,6-7,9H2,1-2H3,(H,17,20). The van der Waals surface area contributed by atoms with E-state index < -0.39 is 0 Å².